The minimum absolute atomic E-state index is 0.267. The molecule has 0 spiro atoms. The second-order valence-electron chi connectivity index (χ2n) is 3.06. The van der Waals surface area contributed by atoms with E-state index in [0.717, 1.165) is 21.6 Å². The number of aromatic hydroxyl groups is 1. The number of phenols is 1. The van der Waals surface area contributed by atoms with E-state index in [1.54, 1.807) is 30.1 Å². The Kier molecular flexibility index (Phi) is 3.34. The number of fused-ring (bicyclic) bond motifs is 1. The van der Waals surface area contributed by atoms with Gasteiger partial charge in [-0.05, 0) is 23.6 Å². The summed E-state index contributed by atoms with van der Waals surface area (Å²) in [5.74, 6) is 1.69. The van der Waals surface area contributed by atoms with E-state index in [0.29, 0.717) is 5.88 Å². The van der Waals surface area contributed by atoms with Gasteiger partial charge in [-0.2, -0.15) is 0 Å². The Bertz CT molecular complexity index is 475. The second-order valence-corrected chi connectivity index (χ2v) is 4.52. The highest BCUT2D eigenvalue weighted by molar-refractivity contribution is 7.99. The van der Waals surface area contributed by atoms with Gasteiger partial charge in [-0.3, -0.25) is 0 Å². The summed E-state index contributed by atoms with van der Waals surface area (Å²) in [5, 5.41) is 12.4. The van der Waals surface area contributed by atoms with Gasteiger partial charge in [0.1, 0.15) is 10.8 Å². The van der Waals surface area contributed by atoms with Crippen LogP contribution in [-0.4, -0.2) is 21.7 Å². The van der Waals surface area contributed by atoms with Crippen LogP contribution in [0.1, 0.15) is 0 Å². The van der Waals surface area contributed by atoms with Crippen molar-refractivity contribution in [3.8, 4) is 5.75 Å². The van der Waals surface area contributed by atoms with Crippen LogP contribution in [0.2, 0.25) is 0 Å². The minimum atomic E-state index is 0.267. The van der Waals surface area contributed by atoms with E-state index >= 15 is 0 Å². The largest absolute Gasteiger partial charge is 0.508 e. The van der Waals surface area contributed by atoms with Gasteiger partial charge in [0, 0.05) is 23.2 Å². The number of halogens is 1. The number of benzene rings is 1. The summed E-state index contributed by atoms with van der Waals surface area (Å²) in [7, 11) is 0. The van der Waals surface area contributed by atoms with Crippen LogP contribution in [0.15, 0.2) is 35.5 Å². The highest BCUT2D eigenvalue weighted by Gasteiger charge is 2.03. The third kappa shape index (κ3) is 2.36. The Morgan fingerprint density at radius 1 is 1.33 bits per heavy atom. The van der Waals surface area contributed by atoms with Gasteiger partial charge in [-0.1, -0.05) is 6.07 Å². The summed E-state index contributed by atoms with van der Waals surface area (Å²) in [4.78, 5) is 4.28. The summed E-state index contributed by atoms with van der Waals surface area (Å²) in [6, 6.07) is 7.23. The number of alkyl halides is 1. The third-order valence-electron chi connectivity index (χ3n) is 2.03. The number of pyridine rings is 1. The maximum Gasteiger partial charge on any atom is 0.116 e. The van der Waals surface area contributed by atoms with E-state index in [4.69, 9.17) is 11.6 Å². The monoisotopic (exact) mass is 239 g/mol. The molecule has 1 aromatic carbocycles. The van der Waals surface area contributed by atoms with Crippen LogP contribution in [-0.2, 0) is 0 Å². The average molecular weight is 240 g/mol. The predicted molar refractivity (Wildman–Crippen MR) is 64.9 cm³/mol. The molecule has 0 aliphatic heterocycles. The van der Waals surface area contributed by atoms with Crippen molar-refractivity contribution in [1.29, 1.82) is 0 Å². The van der Waals surface area contributed by atoms with Crippen molar-refractivity contribution in [3.63, 3.8) is 0 Å². The minimum Gasteiger partial charge on any atom is -0.508 e. The first kappa shape index (κ1) is 10.6. The first-order valence-electron chi connectivity index (χ1n) is 4.58. The van der Waals surface area contributed by atoms with E-state index in [-0.39, 0.29) is 5.75 Å². The molecule has 0 bridgehead atoms. The first-order chi connectivity index (χ1) is 7.31. The van der Waals surface area contributed by atoms with Crippen molar-refractivity contribution < 1.29 is 5.11 Å². The van der Waals surface area contributed by atoms with Crippen LogP contribution in [0, 0.1) is 0 Å². The SMILES string of the molecule is Oc1ccc2ccnc(SCCCl)c2c1. The average Bonchev–Trinajstić information content (AvgIpc) is 2.26. The van der Waals surface area contributed by atoms with Gasteiger partial charge >= 0.3 is 0 Å². The predicted octanol–water partition coefficient (Wildman–Crippen LogP) is 3.27. The molecule has 4 heteroatoms. The molecule has 78 valence electrons. The van der Waals surface area contributed by atoms with Crippen LogP contribution >= 0.6 is 23.4 Å². The number of aromatic nitrogens is 1. The van der Waals surface area contributed by atoms with E-state index in [1.165, 1.54) is 0 Å². The zero-order valence-corrected chi connectivity index (χ0v) is 9.55. The summed E-state index contributed by atoms with van der Waals surface area (Å²) < 4.78 is 0. The molecule has 0 saturated carbocycles. The molecule has 15 heavy (non-hydrogen) atoms. The molecule has 0 aliphatic carbocycles. The van der Waals surface area contributed by atoms with Gasteiger partial charge < -0.3 is 5.11 Å². The van der Waals surface area contributed by atoms with Crippen molar-refractivity contribution >= 4 is 34.1 Å². The van der Waals surface area contributed by atoms with Crippen molar-refractivity contribution in [2.24, 2.45) is 0 Å². The van der Waals surface area contributed by atoms with E-state index < -0.39 is 0 Å². The number of thioether (sulfide) groups is 1. The van der Waals surface area contributed by atoms with Crippen LogP contribution in [0.5, 0.6) is 5.75 Å². The fraction of sp³-hybridized carbons (Fsp3) is 0.182. The smallest absolute Gasteiger partial charge is 0.116 e. The molecular weight excluding hydrogens is 230 g/mol. The fourth-order valence-electron chi connectivity index (χ4n) is 1.38. The Balaban J connectivity index is 2.48. The fourth-order valence-corrected chi connectivity index (χ4v) is 2.35. The number of rotatable bonds is 3. The Morgan fingerprint density at radius 2 is 2.20 bits per heavy atom. The Morgan fingerprint density at radius 3 is 3.00 bits per heavy atom. The normalized spacial score (nSPS) is 10.7. The summed E-state index contributed by atoms with van der Waals surface area (Å²) in [5.41, 5.74) is 0. The zero-order chi connectivity index (χ0) is 10.7. The maximum atomic E-state index is 9.42. The number of hydrogen-bond acceptors (Lipinski definition) is 3. The molecule has 2 rings (SSSR count). The van der Waals surface area contributed by atoms with E-state index in [1.807, 2.05) is 12.1 Å². The van der Waals surface area contributed by atoms with Crippen molar-refractivity contribution in [1.82, 2.24) is 4.98 Å². The molecule has 0 unspecified atom stereocenters. The van der Waals surface area contributed by atoms with Gasteiger partial charge in [0.05, 0.1) is 0 Å². The molecule has 0 atom stereocenters. The Labute approximate surface area is 97.3 Å². The molecule has 1 aromatic heterocycles. The van der Waals surface area contributed by atoms with Crippen LogP contribution < -0.4 is 0 Å². The molecular formula is C11H10ClNOS. The van der Waals surface area contributed by atoms with Gasteiger partial charge in [0.25, 0.3) is 0 Å². The highest BCUT2D eigenvalue weighted by Crippen LogP contribution is 2.28. The number of phenolic OH excluding ortho intramolecular Hbond substituents is 1. The van der Waals surface area contributed by atoms with E-state index in [2.05, 4.69) is 4.98 Å². The quantitative estimate of drug-likeness (QED) is 0.659. The standard InChI is InChI=1S/C11H10ClNOS/c12-4-6-15-11-10-7-9(14)2-1-8(10)3-5-13-11/h1-3,5,7,14H,4,6H2. The summed E-state index contributed by atoms with van der Waals surface area (Å²) in [6.45, 7) is 0. The molecule has 1 N–H and O–H groups in total. The van der Waals surface area contributed by atoms with Gasteiger partial charge in [-0.15, -0.1) is 23.4 Å². The molecule has 2 nitrogen and oxygen atoms in total. The molecule has 0 amide bonds. The molecule has 0 saturated heterocycles. The maximum absolute atomic E-state index is 9.42. The topological polar surface area (TPSA) is 33.1 Å². The zero-order valence-electron chi connectivity index (χ0n) is 7.98. The summed E-state index contributed by atoms with van der Waals surface area (Å²) in [6.07, 6.45) is 1.77. The van der Waals surface area contributed by atoms with E-state index in [9.17, 15) is 5.11 Å². The van der Waals surface area contributed by atoms with Crippen molar-refractivity contribution in [2.45, 2.75) is 5.03 Å². The lowest BCUT2D eigenvalue weighted by Crippen LogP contribution is -1.85. The van der Waals surface area contributed by atoms with Gasteiger partial charge in [0.15, 0.2) is 0 Å². The van der Waals surface area contributed by atoms with Gasteiger partial charge in [0.2, 0.25) is 0 Å². The molecule has 2 aromatic rings. The second kappa shape index (κ2) is 4.73. The Hall–Kier alpha value is -0.930. The lowest BCUT2D eigenvalue weighted by Gasteiger charge is -2.04. The van der Waals surface area contributed by atoms with Crippen molar-refractivity contribution in [3.05, 3.63) is 30.5 Å². The molecule has 1 heterocycles. The van der Waals surface area contributed by atoms with Crippen molar-refractivity contribution in [2.75, 3.05) is 11.6 Å². The molecule has 0 fully saturated rings. The summed E-state index contributed by atoms with van der Waals surface area (Å²) >= 11 is 7.24. The van der Waals surface area contributed by atoms with Crippen LogP contribution in [0.25, 0.3) is 10.8 Å². The molecule has 0 radical (unpaired) electrons. The highest BCUT2D eigenvalue weighted by atomic mass is 35.5. The lowest BCUT2D eigenvalue weighted by atomic mass is 10.2. The molecule has 0 aliphatic rings. The first-order valence-corrected chi connectivity index (χ1v) is 6.10. The van der Waals surface area contributed by atoms with Crippen LogP contribution in [0.4, 0.5) is 0 Å². The van der Waals surface area contributed by atoms with Gasteiger partial charge in [-0.25, -0.2) is 4.98 Å². The number of hydrogen-bond donors (Lipinski definition) is 1. The number of nitrogens with zero attached hydrogens (tertiary/aromatic N) is 1. The lowest BCUT2D eigenvalue weighted by molar-refractivity contribution is 0.476. The van der Waals surface area contributed by atoms with Crippen LogP contribution in [0.3, 0.4) is 0 Å². The third-order valence-corrected chi connectivity index (χ3v) is 3.45.